The molecule has 2 heterocycles. The van der Waals surface area contributed by atoms with Crippen LogP contribution in [-0.2, 0) is 16.2 Å². The minimum absolute atomic E-state index is 0.109. The SMILES string of the molecule is CCOc1ccc(OCC)c(NS(=O)(=O)c2ccc(-c3cc(C(F)(F)F)on3)s2)c1. The highest BCUT2D eigenvalue weighted by Gasteiger charge is 2.36. The molecule has 1 N–H and O–H groups in total. The first kappa shape index (κ1) is 22.0. The molecule has 3 rings (SSSR count). The van der Waals surface area contributed by atoms with Gasteiger partial charge < -0.3 is 14.0 Å². The van der Waals surface area contributed by atoms with Gasteiger partial charge in [0.25, 0.3) is 10.0 Å². The Morgan fingerprint density at radius 2 is 1.83 bits per heavy atom. The second-order valence-corrected chi connectivity index (χ2v) is 8.82. The van der Waals surface area contributed by atoms with E-state index >= 15 is 0 Å². The zero-order chi connectivity index (χ0) is 21.9. The number of nitrogens with one attached hydrogen (secondary N) is 1. The van der Waals surface area contributed by atoms with Gasteiger partial charge >= 0.3 is 6.18 Å². The molecule has 0 atom stereocenters. The first-order chi connectivity index (χ1) is 14.1. The molecule has 162 valence electrons. The molecular weight excluding hydrogens is 445 g/mol. The average molecular weight is 462 g/mol. The third-order valence-electron chi connectivity index (χ3n) is 3.69. The summed E-state index contributed by atoms with van der Waals surface area (Å²) in [7, 11) is -4.04. The normalized spacial score (nSPS) is 12.0. The van der Waals surface area contributed by atoms with E-state index in [1.54, 1.807) is 26.0 Å². The average Bonchev–Trinajstić information content (AvgIpc) is 3.33. The summed E-state index contributed by atoms with van der Waals surface area (Å²) in [6.07, 6.45) is -4.68. The minimum Gasteiger partial charge on any atom is -0.494 e. The summed E-state index contributed by atoms with van der Waals surface area (Å²) in [5.41, 5.74) is 0.0701. The summed E-state index contributed by atoms with van der Waals surface area (Å²) in [5.74, 6) is -0.497. The van der Waals surface area contributed by atoms with Crippen molar-refractivity contribution in [2.45, 2.75) is 24.2 Å². The molecule has 0 saturated carbocycles. The lowest BCUT2D eigenvalue weighted by Crippen LogP contribution is -2.12. The number of ether oxygens (including phenoxy) is 2. The number of halogens is 3. The van der Waals surface area contributed by atoms with Gasteiger partial charge in [0.05, 0.1) is 23.8 Å². The summed E-state index contributed by atoms with van der Waals surface area (Å²) in [6.45, 7) is 4.26. The Balaban J connectivity index is 1.88. The Bertz CT molecular complexity index is 1120. The second kappa shape index (κ2) is 8.56. The molecule has 0 saturated heterocycles. The van der Waals surface area contributed by atoms with Gasteiger partial charge in [-0.25, -0.2) is 8.42 Å². The molecule has 0 bridgehead atoms. The monoisotopic (exact) mass is 462 g/mol. The van der Waals surface area contributed by atoms with Crippen LogP contribution in [0.3, 0.4) is 0 Å². The van der Waals surface area contributed by atoms with Crippen LogP contribution in [0.15, 0.2) is 45.1 Å². The quantitative estimate of drug-likeness (QED) is 0.506. The maximum atomic E-state index is 12.8. The van der Waals surface area contributed by atoms with Gasteiger partial charge in [0.1, 0.15) is 21.4 Å². The van der Waals surface area contributed by atoms with Gasteiger partial charge in [0.15, 0.2) is 0 Å². The first-order valence-electron chi connectivity index (χ1n) is 8.70. The van der Waals surface area contributed by atoms with E-state index in [0.29, 0.717) is 30.8 Å². The van der Waals surface area contributed by atoms with Crippen LogP contribution < -0.4 is 14.2 Å². The molecule has 0 fully saturated rings. The van der Waals surface area contributed by atoms with E-state index in [0.717, 1.165) is 11.3 Å². The Morgan fingerprint density at radius 1 is 1.10 bits per heavy atom. The van der Waals surface area contributed by atoms with Crippen LogP contribution in [0.5, 0.6) is 11.5 Å². The van der Waals surface area contributed by atoms with E-state index in [-0.39, 0.29) is 20.5 Å². The van der Waals surface area contributed by atoms with Crippen molar-refractivity contribution < 1.29 is 35.6 Å². The molecule has 0 spiro atoms. The Labute approximate surface area is 174 Å². The molecule has 0 radical (unpaired) electrons. The van der Waals surface area contributed by atoms with Gasteiger partial charge in [-0.3, -0.25) is 4.72 Å². The number of aromatic nitrogens is 1. The van der Waals surface area contributed by atoms with Crippen LogP contribution >= 0.6 is 11.3 Å². The highest BCUT2D eigenvalue weighted by molar-refractivity contribution is 7.94. The number of thiophene rings is 1. The van der Waals surface area contributed by atoms with Crippen LogP contribution in [0.2, 0.25) is 0 Å². The molecule has 0 unspecified atom stereocenters. The summed E-state index contributed by atoms with van der Waals surface area (Å²) in [4.78, 5) is 0.211. The summed E-state index contributed by atoms with van der Waals surface area (Å²) in [5, 5.41) is 3.37. The van der Waals surface area contributed by atoms with Gasteiger partial charge in [-0.15, -0.1) is 11.3 Å². The number of alkyl halides is 3. The topological polar surface area (TPSA) is 90.7 Å². The Hall–Kier alpha value is -2.73. The van der Waals surface area contributed by atoms with E-state index in [4.69, 9.17) is 9.47 Å². The molecule has 7 nitrogen and oxygen atoms in total. The number of anilines is 1. The standard InChI is InChI=1S/C18H17F3N2O5S2/c1-3-26-11-5-6-14(27-4-2)12(9-11)23-30(24,25)17-8-7-15(29-17)13-10-16(28-22-13)18(19,20)21/h5-10,23H,3-4H2,1-2H3. The highest BCUT2D eigenvalue weighted by Crippen LogP contribution is 2.37. The lowest BCUT2D eigenvalue weighted by atomic mass is 10.3. The zero-order valence-corrected chi connectivity index (χ0v) is 17.5. The Kier molecular flexibility index (Phi) is 6.27. The summed E-state index contributed by atoms with van der Waals surface area (Å²) < 4.78 is 81.1. The molecule has 0 aliphatic heterocycles. The second-order valence-electron chi connectivity index (χ2n) is 5.82. The van der Waals surface area contributed by atoms with Crippen molar-refractivity contribution in [3.05, 3.63) is 42.2 Å². The van der Waals surface area contributed by atoms with E-state index in [1.165, 1.54) is 18.2 Å². The first-order valence-corrected chi connectivity index (χ1v) is 11.0. The summed E-state index contributed by atoms with van der Waals surface area (Å²) in [6, 6.07) is 8.08. The minimum atomic E-state index is -4.68. The largest absolute Gasteiger partial charge is 0.494 e. The fraction of sp³-hybridized carbons (Fsp3) is 0.278. The molecule has 0 aliphatic carbocycles. The van der Waals surface area contributed by atoms with Crippen LogP contribution in [0.4, 0.5) is 18.9 Å². The summed E-state index contributed by atoms with van der Waals surface area (Å²) >= 11 is 0.757. The molecule has 0 aliphatic rings. The van der Waals surface area contributed by atoms with Crippen molar-refractivity contribution in [2.75, 3.05) is 17.9 Å². The third-order valence-corrected chi connectivity index (χ3v) is 6.66. The molecule has 0 amide bonds. The van der Waals surface area contributed by atoms with Crippen molar-refractivity contribution in [3.8, 4) is 22.1 Å². The highest BCUT2D eigenvalue weighted by atomic mass is 32.2. The molecule has 3 aromatic rings. The maximum Gasteiger partial charge on any atom is 0.452 e. The number of sulfonamides is 1. The Morgan fingerprint density at radius 3 is 2.47 bits per heavy atom. The van der Waals surface area contributed by atoms with E-state index in [9.17, 15) is 21.6 Å². The fourth-order valence-corrected chi connectivity index (χ4v) is 4.77. The zero-order valence-electron chi connectivity index (χ0n) is 15.8. The lowest BCUT2D eigenvalue weighted by Gasteiger charge is -2.14. The molecule has 30 heavy (non-hydrogen) atoms. The number of nitrogens with zero attached hydrogens (tertiary/aromatic N) is 1. The maximum absolute atomic E-state index is 12.8. The van der Waals surface area contributed by atoms with Gasteiger partial charge in [-0.1, -0.05) is 5.16 Å². The lowest BCUT2D eigenvalue weighted by molar-refractivity contribution is -0.155. The van der Waals surface area contributed by atoms with E-state index < -0.39 is 22.0 Å². The van der Waals surface area contributed by atoms with Crippen molar-refractivity contribution in [2.24, 2.45) is 0 Å². The molecule has 1 aromatic carbocycles. The van der Waals surface area contributed by atoms with Crippen LogP contribution in [0, 0.1) is 0 Å². The van der Waals surface area contributed by atoms with Gasteiger partial charge in [0, 0.05) is 12.1 Å². The van der Waals surface area contributed by atoms with Gasteiger partial charge in [0.2, 0.25) is 5.76 Å². The third kappa shape index (κ3) is 4.87. The van der Waals surface area contributed by atoms with Crippen molar-refractivity contribution in [1.82, 2.24) is 5.16 Å². The van der Waals surface area contributed by atoms with Crippen molar-refractivity contribution >= 4 is 27.0 Å². The van der Waals surface area contributed by atoms with Gasteiger partial charge in [-0.2, -0.15) is 13.2 Å². The van der Waals surface area contributed by atoms with Crippen LogP contribution in [0.25, 0.3) is 10.6 Å². The van der Waals surface area contributed by atoms with E-state index in [2.05, 4.69) is 14.4 Å². The molecule has 2 aromatic heterocycles. The molecule has 12 heteroatoms. The number of rotatable bonds is 8. The molecular formula is C18H17F3N2O5S2. The number of hydrogen-bond donors (Lipinski definition) is 1. The van der Waals surface area contributed by atoms with Crippen molar-refractivity contribution in [1.29, 1.82) is 0 Å². The van der Waals surface area contributed by atoms with Gasteiger partial charge in [-0.05, 0) is 38.1 Å². The predicted octanol–water partition coefficient (Wildman–Crippen LogP) is 5.02. The number of benzene rings is 1. The van der Waals surface area contributed by atoms with Crippen LogP contribution in [0.1, 0.15) is 19.6 Å². The van der Waals surface area contributed by atoms with E-state index in [1.807, 2.05) is 0 Å². The smallest absolute Gasteiger partial charge is 0.452 e. The van der Waals surface area contributed by atoms with Crippen LogP contribution in [-0.4, -0.2) is 26.8 Å². The van der Waals surface area contributed by atoms with Crippen molar-refractivity contribution in [3.63, 3.8) is 0 Å². The predicted molar refractivity (Wildman–Crippen MR) is 104 cm³/mol. The number of hydrogen-bond acceptors (Lipinski definition) is 7. The fourth-order valence-electron chi connectivity index (χ4n) is 2.45.